The van der Waals surface area contributed by atoms with Crippen molar-refractivity contribution in [2.75, 3.05) is 26.2 Å². The van der Waals surface area contributed by atoms with Crippen molar-refractivity contribution >= 4 is 11.8 Å². The van der Waals surface area contributed by atoms with Crippen LogP contribution in [0.2, 0.25) is 0 Å². The van der Waals surface area contributed by atoms with Gasteiger partial charge in [-0.15, -0.1) is 0 Å². The summed E-state index contributed by atoms with van der Waals surface area (Å²) in [5.41, 5.74) is 5.46. The summed E-state index contributed by atoms with van der Waals surface area (Å²) in [6, 6.07) is 0. The highest BCUT2D eigenvalue weighted by Crippen LogP contribution is 2.16. The molecule has 0 aromatic carbocycles. The van der Waals surface area contributed by atoms with Crippen molar-refractivity contribution in [3.8, 4) is 0 Å². The molecule has 268 valence electrons. The summed E-state index contributed by atoms with van der Waals surface area (Å²) < 4.78 is 0. The van der Waals surface area contributed by atoms with Crippen molar-refractivity contribution in [1.29, 1.82) is 0 Å². The second kappa shape index (κ2) is 37.4. The standard InChI is InChI=1S/C40H81N3O2/c1-3-5-7-9-11-13-15-17-19-21-23-25-27-31-37-43(40(45)34-30-29-33-39(44)42-36-35-41)38-32-28-26-24-22-20-18-16-14-12-10-8-6-4-2/h3-38,41H2,1-2H3,(H,42,44). The third-order valence-electron chi connectivity index (χ3n) is 9.43. The highest BCUT2D eigenvalue weighted by Gasteiger charge is 2.13. The summed E-state index contributed by atoms with van der Waals surface area (Å²) in [6.07, 6.45) is 40.7. The molecule has 0 aliphatic rings. The first-order valence-corrected chi connectivity index (χ1v) is 20.4. The lowest BCUT2D eigenvalue weighted by molar-refractivity contribution is -0.131. The normalized spacial score (nSPS) is 11.3. The third-order valence-corrected chi connectivity index (χ3v) is 9.43. The molecule has 0 unspecified atom stereocenters. The van der Waals surface area contributed by atoms with Crippen LogP contribution in [0.3, 0.4) is 0 Å². The van der Waals surface area contributed by atoms with E-state index in [2.05, 4.69) is 24.1 Å². The summed E-state index contributed by atoms with van der Waals surface area (Å²) in [7, 11) is 0. The second-order valence-electron chi connectivity index (χ2n) is 13.9. The van der Waals surface area contributed by atoms with Gasteiger partial charge in [-0.05, 0) is 25.7 Å². The molecule has 5 heteroatoms. The lowest BCUT2D eigenvalue weighted by atomic mass is 10.0. The van der Waals surface area contributed by atoms with E-state index < -0.39 is 0 Å². The van der Waals surface area contributed by atoms with Crippen molar-refractivity contribution in [2.45, 2.75) is 219 Å². The first-order valence-electron chi connectivity index (χ1n) is 20.4. The number of carbonyl (C=O) groups excluding carboxylic acids is 2. The number of nitrogens with zero attached hydrogens (tertiary/aromatic N) is 1. The van der Waals surface area contributed by atoms with Crippen molar-refractivity contribution in [3.63, 3.8) is 0 Å². The number of rotatable bonds is 37. The molecular weight excluding hydrogens is 554 g/mol. The first-order chi connectivity index (χ1) is 22.2. The van der Waals surface area contributed by atoms with Crippen LogP contribution in [0.1, 0.15) is 219 Å². The van der Waals surface area contributed by atoms with Gasteiger partial charge in [-0.25, -0.2) is 0 Å². The average molecular weight is 636 g/mol. The van der Waals surface area contributed by atoms with Crippen LogP contribution in [-0.2, 0) is 9.59 Å². The van der Waals surface area contributed by atoms with Crippen LogP contribution in [0.25, 0.3) is 0 Å². The Hall–Kier alpha value is -1.10. The van der Waals surface area contributed by atoms with E-state index in [4.69, 9.17) is 5.73 Å². The maximum atomic E-state index is 13.1. The quantitative estimate of drug-likeness (QED) is 0.0667. The maximum absolute atomic E-state index is 13.1. The molecule has 0 saturated heterocycles. The monoisotopic (exact) mass is 636 g/mol. The Morgan fingerprint density at radius 1 is 0.444 bits per heavy atom. The van der Waals surface area contributed by atoms with E-state index in [1.54, 1.807) is 0 Å². The fraction of sp³-hybridized carbons (Fsp3) is 0.950. The van der Waals surface area contributed by atoms with Gasteiger partial charge in [-0.2, -0.15) is 0 Å². The second-order valence-corrected chi connectivity index (χ2v) is 13.9. The molecule has 3 N–H and O–H groups in total. The van der Waals surface area contributed by atoms with Crippen LogP contribution in [0.5, 0.6) is 0 Å². The van der Waals surface area contributed by atoms with Gasteiger partial charge < -0.3 is 16.0 Å². The Morgan fingerprint density at radius 2 is 0.756 bits per heavy atom. The van der Waals surface area contributed by atoms with Crippen LogP contribution < -0.4 is 11.1 Å². The molecule has 2 amide bonds. The zero-order valence-corrected chi connectivity index (χ0v) is 30.8. The van der Waals surface area contributed by atoms with E-state index in [0.717, 1.165) is 38.8 Å². The van der Waals surface area contributed by atoms with Crippen LogP contribution in [0, 0.1) is 0 Å². The van der Waals surface area contributed by atoms with E-state index >= 15 is 0 Å². The molecule has 0 spiro atoms. The van der Waals surface area contributed by atoms with Gasteiger partial charge in [0.2, 0.25) is 11.8 Å². The molecular formula is C40H81N3O2. The van der Waals surface area contributed by atoms with Gasteiger partial charge >= 0.3 is 0 Å². The van der Waals surface area contributed by atoms with Crippen molar-refractivity contribution in [2.24, 2.45) is 5.73 Å². The smallest absolute Gasteiger partial charge is 0.222 e. The summed E-state index contributed by atoms with van der Waals surface area (Å²) in [5.74, 6) is 0.344. The summed E-state index contributed by atoms with van der Waals surface area (Å²) in [4.78, 5) is 27.1. The van der Waals surface area contributed by atoms with Gasteiger partial charge in [0.25, 0.3) is 0 Å². The van der Waals surface area contributed by atoms with Gasteiger partial charge in [-0.3, -0.25) is 9.59 Å². The molecule has 0 heterocycles. The molecule has 0 bridgehead atoms. The van der Waals surface area contributed by atoms with E-state index in [1.165, 1.54) is 167 Å². The minimum atomic E-state index is 0.0505. The molecule has 0 rings (SSSR count). The maximum Gasteiger partial charge on any atom is 0.222 e. The molecule has 0 aromatic heterocycles. The van der Waals surface area contributed by atoms with Crippen molar-refractivity contribution < 1.29 is 9.59 Å². The van der Waals surface area contributed by atoms with Gasteiger partial charge in [-0.1, -0.05) is 181 Å². The number of nitrogens with one attached hydrogen (secondary N) is 1. The Labute approximate surface area is 282 Å². The van der Waals surface area contributed by atoms with E-state index in [-0.39, 0.29) is 5.91 Å². The average Bonchev–Trinajstić information content (AvgIpc) is 3.04. The molecule has 0 aliphatic carbocycles. The molecule has 0 atom stereocenters. The summed E-state index contributed by atoms with van der Waals surface area (Å²) in [5, 5.41) is 2.82. The zero-order valence-electron chi connectivity index (χ0n) is 30.8. The summed E-state index contributed by atoms with van der Waals surface area (Å²) >= 11 is 0. The van der Waals surface area contributed by atoms with E-state index in [9.17, 15) is 9.59 Å². The molecule has 0 aromatic rings. The third kappa shape index (κ3) is 34.1. The molecule has 5 nitrogen and oxygen atoms in total. The predicted octanol–water partition coefficient (Wildman–Crippen LogP) is 11.4. The molecule has 0 radical (unpaired) electrons. The largest absolute Gasteiger partial charge is 0.355 e. The van der Waals surface area contributed by atoms with E-state index in [1.807, 2.05) is 0 Å². The highest BCUT2D eigenvalue weighted by atomic mass is 16.2. The van der Waals surface area contributed by atoms with Gasteiger partial charge in [0, 0.05) is 39.0 Å². The van der Waals surface area contributed by atoms with Crippen LogP contribution in [0.4, 0.5) is 0 Å². The Kier molecular flexibility index (Phi) is 36.4. The van der Waals surface area contributed by atoms with Crippen molar-refractivity contribution in [1.82, 2.24) is 10.2 Å². The lowest BCUT2D eigenvalue weighted by Gasteiger charge is -2.23. The van der Waals surface area contributed by atoms with Crippen LogP contribution in [-0.4, -0.2) is 42.9 Å². The SMILES string of the molecule is CCCCCCCCCCCCCCCCN(CCCCCCCCCCCCCCCC)C(=O)CCCCC(=O)NCCN. The minimum Gasteiger partial charge on any atom is -0.355 e. The molecule has 0 aliphatic heterocycles. The zero-order chi connectivity index (χ0) is 32.9. The van der Waals surface area contributed by atoms with Crippen LogP contribution in [0.15, 0.2) is 0 Å². The van der Waals surface area contributed by atoms with Crippen LogP contribution >= 0.6 is 0 Å². The van der Waals surface area contributed by atoms with Gasteiger partial charge in [0.1, 0.15) is 0 Å². The number of amides is 2. The topological polar surface area (TPSA) is 75.4 Å². The number of unbranched alkanes of at least 4 members (excludes halogenated alkanes) is 27. The number of carbonyl (C=O) groups is 2. The molecule has 45 heavy (non-hydrogen) atoms. The Bertz CT molecular complexity index is 580. The molecule has 0 fully saturated rings. The van der Waals surface area contributed by atoms with Crippen molar-refractivity contribution in [3.05, 3.63) is 0 Å². The number of hydrogen-bond donors (Lipinski definition) is 2. The Morgan fingerprint density at radius 3 is 1.09 bits per heavy atom. The fourth-order valence-corrected chi connectivity index (χ4v) is 6.38. The lowest BCUT2D eigenvalue weighted by Crippen LogP contribution is -2.33. The summed E-state index contributed by atoms with van der Waals surface area (Å²) in [6.45, 7) is 7.39. The van der Waals surface area contributed by atoms with E-state index in [0.29, 0.717) is 31.8 Å². The predicted molar refractivity (Wildman–Crippen MR) is 198 cm³/mol. The number of nitrogens with two attached hydrogens (primary N) is 1. The Balaban J connectivity index is 4.07. The van der Waals surface area contributed by atoms with Gasteiger partial charge in [0.05, 0.1) is 0 Å². The number of hydrogen-bond acceptors (Lipinski definition) is 3. The highest BCUT2D eigenvalue weighted by molar-refractivity contribution is 5.77. The van der Waals surface area contributed by atoms with Gasteiger partial charge in [0.15, 0.2) is 0 Å². The molecule has 0 saturated carbocycles. The first kappa shape index (κ1) is 43.9. The fourth-order valence-electron chi connectivity index (χ4n) is 6.38. The minimum absolute atomic E-state index is 0.0505.